The molecule has 0 aromatic rings. The van der Waals surface area contributed by atoms with Crippen LogP contribution >= 0.6 is 0 Å². The van der Waals surface area contributed by atoms with Crippen molar-refractivity contribution in [2.75, 3.05) is 13.2 Å². The predicted octanol–water partition coefficient (Wildman–Crippen LogP) is 25.1. The Morgan fingerprint density at radius 1 is 0.256 bits per heavy atom. The van der Waals surface area contributed by atoms with Gasteiger partial charge in [0.15, 0.2) is 6.10 Å². The molecule has 0 aliphatic heterocycles. The first kappa shape index (κ1) is 79.1. The van der Waals surface area contributed by atoms with Gasteiger partial charge in [0.05, 0.1) is 0 Å². The molecule has 0 aromatic heterocycles. The van der Waals surface area contributed by atoms with E-state index < -0.39 is 6.10 Å². The van der Waals surface area contributed by atoms with Crippen molar-refractivity contribution in [3.05, 3.63) is 60.8 Å². The fraction of sp³-hybridized carbons (Fsp3) is 0.829. The summed E-state index contributed by atoms with van der Waals surface area (Å²) in [5.74, 6) is -0.850. The van der Waals surface area contributed by atoms with Gasteiger partial charge in [-0.1, -0.05) is 345 Å². The van der Waals surface area contributed by atoms with E-state index in [0.29, 0.717) is 19.3 Å². The number of ether oxygens (including phenoxy) is 3. The van der Waals surface area contributed by atoms with Gasteiger partial charge >= 0.3 is 17.9 Å². The molecule has 0 aliphatic carbocycles. The zero-order valence-electron chi connectivity index (χ0n) is 55.0. The molecule has 0 rings (SSSR count). The molecule has 0 aliphatic rings. The van der Waals surface area contributed by atoms with Gasteiger partial charge in [0.2, 0.25) is 0 Å². The minimum Gasteiger partial charge on any atom is -0.462 e. The van der Waals surface area contributed by atoms with Crippen molar-refractivity contribution in [1.82, 2.24) is 0 Å². The quantitative estimate of drug-likeness (QED) is 0.0261. The van der Waals surface area contributed by atoms with Crippen molar-refractivity contribution in [2.24, 2.45) is 0 Å². The molecule has 6 heteroatoms. The Bertz CT molecular complexity index is 1460. The summed E-state index contributed by atoms with van der Waals surface area (Å²) in [6, 6.07) is 0. The maximum Gasteiger partial charge on any atom is 0.306 e. The molecule has 1 unspecified atom stereocenters. The first-order chi connectivity index (χ1) is 40.5. The van der Waals surface area contributed by atoms with Gasteiger partial charge in [0, 0.05) is 19.3 Å². The number of hydrogen-bond donors (Lipinski definition) is 0. The number of allylic oxidation sites excluding steroid dienone is 10. The van der Waals surface area contributed by atoms with E-state index >= 15 is 0 Å². The van der Waals surface area contributed by atoms with Crippen molar-refractivity contribution in [3.8, 4) is 0 Å². The van der Waals surface area contributed by atoms with Crippen LogP contribution in [0.2, 0.25) is 0 Å². The van der Waals surface area contributed by atoms with Crippen molar-refractivity contribution in [2.45, 2.75) is 393 Å². The van der Waals surface area contributed by atoms with E-state index in [1.165, 1.54) is 257 Å². The lowest BCUT2D eigenvalue weighted by Crippen LogP contribution is -2.30. The zero-order valence-corrected chi connectivity index (χ0v) is 55.0. The highest BCUT2D eigenvalue weighted by Gasteiger charge is 2.19. The van der Waals surface area contributed by atoms with Crippen molar-refractivity contribution < 1.29 is 28.6 Å². The summed E-state index contributed by atoms with van der Waals surface area (Å²) in [4.78, 5) is 38.5. The maximum absolute atomic E-state index is 13.0. The Kier molecular flexibility index (Phi) is 68.1. The molecule has 6 nitrogen and oxygen atoms in total. The smallest absolute Gasteiger partial charge is 0.306 e. The van der Waals surface area contributed by atoms with Gasteiger partial charge in [-0.05, 0) is 83.5 Å². The molecule has 0 amide bonds. The van der Waals surface area contributed by atoms with Gasteiger partial charge in [-0.2, -0.15) is 0 Å². The van der Waals surface area contributed by atoms with Crippen LogP contribution in [0.3, 0.4) is 0 Å². The Morgan fingerprint density at radius 3 is 0.756 bits per heavy atom. The van der Waals surface area contributed by atoms with Gasteiger partial charge in [-0.3, -0.25) is 14.4 Å². The Balaban J connectivity index is 4.19. The molecule has 0 bridgehead atoms. The van der Waals surface area contributed by atoms with Gasteiger partial charge < -0.3 is 14.2 Å². The fourth-order valence-corrected chi connectivity index (χ4v) is 10.8. The van der Waals surface area contributed by atoms with Gasteiger partial charge in [0.1, 0.15) is 13.2 Å². The van der Waals surface area contributed by atoms with Crippen molar-refractivity contribution in [3.63, 3.8) is 0 Å². The minimum absolute atomic E-state index is 0.0704. The highest BCUT2D eigenvalue weighted by Crippen LogP contribution is 2.18. The summed E-state index contributed by atoms with van der Waals surface area (Å²) < 4.78 is 17.0. The molecular formula is C76H138O6. The van der Waals surface area contributed by atoms with Gasteiger partial charge in [0.25, 0.3) is 0 Å². The molecule has 0 aromatic carbocycles. The first-order valence-electron chi connectivity index (χ1n) is 36.3. The number of carbonyl (C=O) groups is 3. The molecule has 0 N–H and O–H groups in total. The average Bonchev–Trinajstić information content (AvgIpc) is 3.47. The molecule has 0 saturated heterocycles. The summed E-state index contributed by atoms with van der Waals surface area (Å²) in [5, 5.41) is 0. The maximum atomic E-state index is 13.0. The summed E-state index contributed by atoms with van der Waals surface area (Å²) in [6.45, 7) is 6.59. The SMILES string of the molecule is CC/C=C\C/C=C\C/C=C\C/C=C\CCCCCCCCCCCCCCCCCCCCC(=O)OCC(COC(=O)CCCCCCC/C=C\CCCCCCCC)OC(=O)CCCCCCCCCCCCCCCCCCCC. The average molecular weight is 1150 g/mol. The van der Waals surface area contributed by atoms with E-state index in [-0.39, 0.29) is 31.1 Å². The standard InChI is InChI=1S/C76H138O6/c1-4-7-10-13-16-19-22-25-28-30-32-33-34-35-36-37-38-39-40-41-42-43-44-46-48-51-54-57-60-63-66-69-75(78)81-72-73(71-80-74(77)68-65-62-59-56-53-50-47-27-24-21-18-15-12-9-6-3)82-76(79)70-67-64-61-58-55-52-49-45-31-29-26-23-20-17-14-11-8-5-2/h7,10,16,19,25,27-28,32-33,47,73H,4-6,8-9,11-15,17-18,20-24,26,29-31,34-46,48-72H2,1-3H3/b10-7-,19-16-,28-25-,33-32-,47-27-. The molecule has 1 atom stereocenters. The molecule has 0 saturated carbocycles. The van der Waals surface area contributed by atoms with E-state index in [0.717, 1.165) is 89.9 Å². The van der Waals surface area contributed by atoms with E-state index in [1.807, 2.05) is 0 Å². The lowest BCUT2D eigenvalue weighted by Gasteiger charge is -2.18. The third-order valence-corrected chi connectivity index (χ3v) is 16.3. The molecule has 0 radical (unpaired) electrons. The van der Waals surface area contributed by atoms with E-state index in [4.69, 9.17) is 14.2 Å². The van der Waals surface area contributed by atoms with Gasteiger partial charge in [-0.15, -0.1) is 0 Å². The van der Waals surface area contributed by atoms with Crippen molar-refractivity contribution >= 4 is 17.9 Å². The summed E-state index contributed by atoms with van der Waals surface area (Å²) in [5.41, 5.74) is 0. The molecule has 0 fully saturated rings. The molecule has 478 valence electrons. The molecule has 0 spiro atoms. The van der Waals surface area contributed by atoms with E-state index in [9.17, 15) is 14.4 Å². The fourth-order valence-electron chi connectivity index (χ4n) is 10.8. The minimum atomic E-state index is -0.775. The molecule has 0 heterocycles. The summed E-state index contributed by atoms with van der Waals surface area (Å²) >= 11 is 0. The van der Waals surface area contributed by atoms with Crippen LogP contribution in [0.25, 0.3) is 0 Å². The second-order valence-corrected chi connectivity index (χ2v) is 24.5. The lowest BCUT2D eigenvalue weighted by atomic mass is 10.0. The van der Waals surface area contributed by atoms with Crippen LogP contribution in [0, 0.1) is 0 Å². The Morgan fingerprint density at radius 2 is 0.476 bits per heavy atom. The largest absolute Gasteiger partial charge is 0.462 e. The van der Waals surface area contributed by atoms with E-state index in [1.54, 1.807) is 0 Å². The van der Waals surface area contributed by atoms with Crippen LogP contribution in [0.15, 0.2) is 60.8 Å². The molecular weight excluding hydrogens is 1010 g/mol. The third-order valence-electron chi connectivity index (χ3n) is 16.3. The van der Waals surface area contributed by atoms with Crippen LogP contribution in [-0.2, 0) is 28.6 Å². The van der Waals surface area contributed by atoms with Crippen LogP contribution < -0.4 is 0 Å². The monoisotopic (exact) mass is 1150 g/mol. The highest BCUT2D eigenvalue weighted by atomic mass is 16.6. The van der Waals surface area contributed by atoms with Crippen LogP contribution in [-0.4, -0.2) is 37.2 Å². The lowest BCUT2D eigenvalue weighted by molar-refractivity contribution is -0.167. The highest BCUT2D eigenvalue weighted by molar-refractivity contribution is 5.71. The second-order valence-electron chi connectivity index (χ2n) is 24.5. The Labute approximate surface area is 510 Å². The molecule has 82 heavy (non-hydrogen) atoms. The van der Waals surface area contributed by atoms with E-state index in [2.05, 4.69) is 81.5 Å². The Hall–Kier alpha value is -2.89. The predicted molar refractivity (Wildman–Crippen MR) is 358 cm³/mol. The number of carbonyl (C=O) groups excluding carboxylic acids is 3. The van der Waals surface area contributed by atoms with Gasteiger partial charge in [-0.25, -0.2) is 0 Å². The number of esters is 3. The number of hydrogen-bond acceptors (Lipinski definition) is 6. The van der Waals surface area contributed by atoms with Crippen LogP contribution in [0.5, 0.6) is 0 Å². The summed E-state index contributed by atoms with van der Waals surface area (Å²) in [6.07, 6.45) is 91.1. The summed E-state index contributed by atoms with van der Waals surface area (Å²) in [7, 11) is 0. The number of rotatable bonds is 67. The first-order valence-corrected chi connectivity index (χ1v) is 36.3. The topological polar surface area (TPSA) is 78.9 Å². The second kappa shape index (κ2) is 70.6. The third kappa shape index (κ3) is 67.9. The van der Waals surface area contributed by atoms with Crippen molar-refractivity contribution in [1.29, 1.82) is 0 Å². The van der Waals surface area contributed by atoms with Crippen LogP contribution in [0.4, 0.5) is 0 Å². The number of unbranched alkanes of at least 4 members (excludes halogenated alkanes) is 46. The zero-order chi connectivity index (χ0) is 59.2. The normalized spacial score (nSPS) is 12.4. The van der Waals surface area contributed by atoms with Crippen LogP contribution in [0.1, 0.15) is 387 Å².